The number of halogens is 1. The Morgan fingerprint density at radius 3 is 3.00 bits per heavy atom. The Morgan fingerprint density at radius 2 is 2.24 bits per heavy atom. The molecule has 1 amide bonds. The third-order valence-electron chi connectivity index (χ3n) is 5.15. The van der Waals surface area contributed by atoms with Gasteiger partial charge in [0.25, 0.3) is 0 Å². The normalized spacial score (nSPS) is 20.8. The predicted molar refractivity (Wildman–Crippen MR) is 93.3 cm³/mol. The molecule has 4 rings (SSSR count). The molecular weight excluding hydrogens is 340 g/mol. The third kappa shape index (κ3) is 4.06. The van der Waals surface area contributed by atoms with Crippen LogP contribution in [0.15, 0.2) is 23.0 Å². The van der Waals surface area contributed by atoms with Gasteiger partial charge in [0.2, 0.25) is 5.91 Å². The lowest BCUT2D eigenvalue weighted by molar-refractivity contribution is -0.132. The smallest absolute Gasteiger partial charge is 0.223 e. The number of rotatable bonds is 6. The van der Waals surface area contributed by atoms with E-state index in [0.717, 1.165) is 44.2 Å². The van der Waals surface area contributed by atoms with E-state index in [-0.39, 0.29) is 5.91 Å². The standard InChI is InChI=1S/C18H23ClN4O2/c19-16-10-15(25-21-16)5-6-17(24)22-8-1-2-14(12-22)18-20-7-9-23(18)11-13-3-4-13/h7,9-10,13-14H,1-6,8,11-12H2/t14-/m1/s1. The summed E-state index contributed by atoms with van der Waals surface area (Å²) in [6.07, 6.45) is 9.74. The van der Waals surface area contributed by atoms with Crippen molar-refractivity contribution >= 4 is 17.5 Å². The molecule has 0 aromatic carbocycles. The largest absolute Gasteiger partial charge is 0.360 e. The van der Waals surface area contributed by atoms with Crippen LogP contribution in [0.4, 0.5) is 0 Å². The number of carbonyl (C=O) groups excluding carboxylic acids is 1. The summed E-state index contributed by atoms with van der Waals surface area (Å²) in [6, 6.07) is 1.67. The van der Waals surface area contributed by atoms with Crippen LogP contribution in [-0.2, 0) is 17.8 Å². The van der Waals surface area contributed by atoms with Crippen LogP contribution >= 0.6 is 11.6 Å². The molecule has 0 radical (unpaired) electrons. The molecule has 2 aromatic rings. The fraction of sp³-hybridized carbons (Fsp3) is 0.611. The maximum atomic E-state index is 12.6. The highest BCUT2D eigenvalue weighted by atomic mass is 35.5. The van der Waals surface area contributed by atoms with Gasteiger partial charge in [-0.3, -0.25) is 4.79 Å². The quantitative estimate of drug-likeness (QED) is 0.791. The Balaban J connectivity index is 1.35. The number of likely N-dealkylation sites (tertiary alicyclic amines) is 1. The van der Waals surface area contributed by atoms with E-state index in [2.05, 4.69) is 20.9 Å². The molecule has 1 aliphatic carbocycles. The molecule has 2 aliphatic rings. The summed E-state index contributed by atoms with van der Waals surface area (Å²) < 4.78 is 7.37. The molecule has 0 bridgehead atoms. The number of imidazole rings is 1. The third-order valence-corrected chi connectivity index (χ3v) is 5.33. The molecule has 0 N–H and O–H groups in total. The van der Waals surface area contributed by atoms with Crippen molar-refractivity contribution in [2.24, 2.45) is 5.92 Å². The Bertz CT molecular complexity index is 737. The molecule has 2 aromatic heterocycles. The summed E-state index contributed by atoms with van der Waals surface area (Å²) >= 11 is 5.75. The maximum Gasteiger partial charge on any atom is 0.223 e. The van der Waals surface area contributed by atoms with Gasteiger partial charge in [0.05, 0.1) is 0 Å². The minimum Gasteiger partial charge on any atom is -0.360 e. The molecule has 3 heterocycles. The fourth-order valence-electron chi connectivity index (χ4n) is 3.62. The summed E-state index contributed by atoms with van der Waals surface area (Å²) in [5.41, 5.74) is 0. The van der Waals surface area contributed by atoms with E-state index in [4.69, 9.17) is 16.1 Å². The highest BCUT2D eigenvalue weighted by molar-refractivity contribution is 6.29. The molecule has 25 heavy (non-hydrogen) atoms. The van der Waals surface area contributed by atoms with Gasteiger partial charge in [0.1, 0.15) is 11.6 Å². The average molecular weight is 363 g/mol. The number of aryl methyl sites for hydroxylation is 1. The number of hydrogen-bond acceptors (Lipinski definition) is 4. The van der Waals surface area contributed by atoms with E-state index in [1.807, 2.05) is 11.1 Å². The van der Waals surface area contributed by atoms with Crippen LogP contribution in [0.3, 0.4) is 0 Å². The Hall–Kier alpha value is -1.82. The number of aromatic nitrogens is 3. The van der Waals surface area contributed by atoms with E-state index >= 15 is 0 Å². The highest BCUT2D eigenvalue weighted by Gasteiger charge is 2.29. The van der Waals surface area contributed by atoms with Crippen molar-refractivity contribution in [3.05, 3.63) is 35.2 Å². The molecule has 0 spiro atoms. The molecule has 134 valence electrons. The first-order valence-corrected chi connectivity index (χ1v) is 9.46. The van der Waals surface area contributed by atoms with Crippen molar-refractivity contribution in [2.45, 2.75) is 51.0 Å². The SMILES string of the molecule is O=C(CCc1cc(Cl)no1)N1CCC[C@@H](c2nccn2CC2CC2)C1. The number of hydrogen-bond donors (Lipinski definition) is 0. The van der Waals surface area contributed by atoms with Crippen molar-refractivity contribution < 1.29 is 9.32 Å². The van der Waals surface area contributed by atoms with Crippen LogP contribution in [-0.4, -0.2) is 38.6 Å². The van der Waals surface area contributed by atoms with Crippen LogP contribution in [0.5, 0.6) is 0 Å². The molecule has 0 unspecified atom stereocenters. The fourth-order valence-corrected chi connectivity index (χ4v) is 3.78. The van der Waals surface area contributed by atoms with Crippen LogP contribution in [0.1, 0.15) is 49.6 Å². The molecule has 1 saturated carbocycles. The zero-order valence-electron chi connectivity index (χ0n) is 14.2. The second kappa shape index (κ2) is 7.20. The lowest BCUT2D eigenvalue weighted by Gasteiger charge is -2.32. The summed E-state index contributed by atoms with van der Waals surface area (Å²) in [4.78, 5) is 19.1. The monoisotopic (exact) mass is 362 g/mol. The minimum atomic E-state index is 0.164. The van der Waals surface area contributed by atoms with Crippen LogP contribution < -0.4 is 0 Å². The predicted octanol–water partition coefficient (Wildman–Crippen LogP) is 3.27. The van der Waals surface area contributed by atoms with Gasteiger partial charge in [0, 0.05) is 56.9 Å². The van der Waals surface area contributed by atoms with Crippen molar-refractivity contribution in [2.75, 3.05) is 13.1 Å². The van der Waals surface area contributed by atoms with Crippen LogP contribution in [0.2, 0.25) is 5.15 Å². The first kappa shape index (κ1) is 16.6. The van der Waals surface area contributed by atoms with Crippen molar-refractivity contribution in [1.82, 2.24) is 19.6 Å². The van der Waals surface area contributed by atoms with Crippen LogP contribution in [0, 0.1) is 5.92 Å². The van der Waals surface area contributed by atoms with E-state index < -0.39 is 0 Å². The zero-order chi connectivity index (χ0) is 17.2. The number of amides is 1. The summed E-state index contributed by atoms with van der Waals surface area (Å²) in [6.45, 7) is 2.67. The first-order valence-electron chi connectivity index (χ1n) is 9.09. The summed E-state index contributed by atoms with van der Waals surface area (Å²) in [5, 5.41) is 3.98. The first-order chi connectivity index (χ1) is 12.2. The Morgan fingerprint density at radius 1 is 1.36 bits per heavy atom. The second-order valence-corrected chi connectivity index (χ2v) is 7.56. The van der Waals surface area contributed by atoms with Gasteiger partial charge < -0.3 is 14.0 Å². The van der Waals surface area contributed by atoms with Gasteiger partial charge in [0.15, 0.2) is 5.15 Å². The van der Waals surface area contributed by atoms with Gasteiger partial charge in [-0.05, 0) is 31.6 Å². The maximum absolute atomic E-state index is 12.6. The van der Waals surface area contributed by atoms with Crippen molar-refractivity contribution in [1.29, 1.82) is 0 Å². The van der Waals surface area contributed by atoms with E-state index in [9.17, 15) is 4.79 Å². The topological polar surface area (TPSA) is 64.2 Å². The molecule has 2 fully saturated rings. The van der Waals surface area contributed by atoms with E-state index in [0.29, 0.717) is 29.7 Å². The molecule has 1 saturated heterocycles. The van der Waals surface area contributed by atoms with Gasteiger partial charge in [-0.25, -0.2) is 4.98 Å². The Kier molecular flexibility index (Phi) is 4.79. The van der Waals surface area contributed by atoms with Gasteiger partial charge in [-0.2, -0.15) is 0 Å². The molecular formula is C18H23ClN4O2. The lowest BCUT2D eigenvalue weighted by Crippen LogP contribution is -2.39. The molecule has 7 heteroatoms. The average Bonchev–Trinajstić information content (AvgIpc) is 3.14. The van der Waals surface area contributed by atoms with Crippen LogP contribution in [0.25, 0.3) is 0 Å². The summed E-state index contributed by atoms with van der Waals surface area (Å²) in [7, 11) is 0. The van der Waals surface area contributed by atoms with Gasteiger partial charge in [-0.1, -0.05) is 16.8 Å². The second-order valence-electron chi connectivity index (χ2n) is 7.18. The van der Waals surface area contributed by atoms with Gasteiger partial charge >= 0.3 is 0 Å². The molecule has 1 atom stereocenters. The summed E-state index contributed by atoms with van der Waals surface area (Å²) in [5.74, 6) is 3.13. The number of nitrogens with zero attached hydrogens (tertiary/aromatic N) is 4. The molecule has 1 aliphatic heterocycles. The van der Waals surface area contributed by atoms with Crippen molar-refractivity contribution in [3.63, 3.8) is 0 Å². The number of piperidine rings is 1. The van der Waals surface area contributed by atoms with Gasteiger partial charge in [-0.15, -0.1) is 0 Å². The van der Waals surface area contributed by atoms with Crippen molar-refractivity contribution in [3.8, 4) is 0 Å². The lowest BCUT2D eigenvalue weighted by atomic mass is 9.96. The van der Waals surface area contributed by atoms with E-state index in [1.54, 1.807) is 6.07 Å². The Labute approximate surface area is 152 Å². The van der Waals surface area contributed by atoms with E-state index in [1.165, 1.54) is 12.8 Å². The molecule has 6 nitrogen and oxygen atoms in total. The number of carbonyl (C=O) groups is 1. The zero-order valence-corrected chi connectivity index (χ0v) is 15.0. The minimum absolute atomic E-state index is 0.164. The highest BCUT2D eigenvalue weighted by Crippen LogP contribution is 2.33.